The van der Waals surface area contributed by atoms with Crippen molar-refractivity contribution < 1.29 is 9.18 Å². The number of benzene rings is 2. The topological polar surface area (TPSA) is 34.0 Å². The molecule has 0 radical (unpaired) electrons. The molecule has 0 aliphatic rings. The van der Waals surface area contributed by atoms with Crippen LogP contribution in [0.1, 0.15) is 0 Å². The summed E-state index contributed by atoms with van der Waals surface area (Å²) in [6.07, 6.45) is 5.03. The zero-order valence-electron chi connectivity index (χ0n) is 11.2. The normalized spacial score (nSPS) is 11.1. The maximum Gasteiger partial charge on any atom is 0.249 e. The summed E-state index contributed by atoms with van der Waals surface area (Å²) in [4.78, 5) is 11.8. The van der Waals surface area contributed by atoms with E-state index in [4.69, 9.17) is 0 Å². The Balaban J connectivity index is 1.73. The van der Waals surface area contributed by atoms with Crippen molar-refractivity contribution in [2.75, 3.05) is 5.32 Å². The van der Waals surface area contributed by atoms with E-state index in [0.717, 1.165) is 10.9 Å². The highest BCUT2D eigenvalue weighted by Crippen LogP contribution is 2.15. The number of fused-ring (bicyclic) bond motifs is 1. The van der Waals surface area contributed by atoms with Gasteiger partial charge in [0.15, 0.2) is 0 Å². The molecular formula is C17H13FN2O. The van der Waals surface area contributed by atoms with E-state index in [0.29, 0.717) is 5.69 Å². The molecule has 1 N–H and O–H groups in total. The molecule has 1 heterocycles. The number of amides is 1. The predicted molar refractivity (Wildman–Crippen MR) is 82.3 cm³/mol. The van der Waals surface area contributed by atoms with Gasteiger partial charge in [-0.05, 0) is 41.8 Å². The molecule has 0 fully saturated rings. The maximum absolute atomic E-state index is 12.8. The van der Waals surface area contributed by atoms with Crippen LogP contribution < -0.4 is 5.32 Å². The van der Waals surface area contributed by atoms with Gasteiger partial charge in [-0.25, -0.2) is 4.39 Å². The van der Waals surface area contributed by atoms with Gasteiger partial charge in [0.2, 0.25) is 5.91 Å². The average Bonchev–Trinajstić information content (AvgIpc) is 2.91. The van der Waals surface area contributed by atoms with Crippen LogP contribution in [-0.4, -0.2) is 10.5 Å². The number of hydrogen-bond acceptors (Lipinski definition) is 1. The van der Waals surface area contributed by atoms with Crippen molar-refractivity contribution in [3.8, 4) is 0 Å². The van der Waals surface area contributed by atoms with Gasteiger partial charge in [0.1, 0.15) is 5.82 Å². The van der Waals surface area contributed by atoms with Gasteiger partial charge in [-0.2, -0.15) is 0 Å². The van der Waals surface area contributed by atoms with Crippen LogP contribution in [0.2, 0.25) is 0 Å². The SMILES string of the molecule is O=C(C=Cn1ccc2ccccc21)Nc1ccc(F)cc1. The molecule has 3 nitrogen and oxygen atoms in total. The summed E-state index contributed by atoms with van der Waals surface area (Å²) in [5, 5.41) is 3.79. The van der Waals surface area contributed by atoms with Crippen molar-refractivity contribution in [1.29, 1.82) is 0 Å². The number of carbonyl (C=O) groups is 1. The highest BCUT2D eigenvalue weighted by molar-refractivity contribution is 6.01. The number of halogens is 1. The quantitative estimate of drug-likeness (QED) is 0.726. The van der Waals surface area contributed by atoms with Crippen LogP contribution in [0.15, 0.2) is 66.9 Å². The zero-order chi connectivity index (χ0) is 14.7. The standard InChI is InChI=1S/C17H13FN2O/c18-14-5-7-15(8-6-14)19-17(21)10-12-20-11-9-13-3-1-2-4-16(13)20/h1-12H,(H,19,21). The van der Waals surface area contributed by atoms with Crippen molar-refractivity contribution >= 4 is 28.7 Å². The molecular weight excluding hydrogens is 267 g/mol. The van der Waals surface area contributed by atoms with E-state index in [1.165, 1.54) is 30.3 Å². The summed E-state index contributed by atoms with van der Waals surface area (Å²) < 4.78 is 14.7. The van der Waals surface area contributed by atoms with Crippen molar-refractivity contribution in [2.24, 2.45) is 0 Å². The number of anilines is 1. The Morgan fingerprint density at radius 2 is 1.81 bits per heavy atom. The molecule has 2 aromatic carbocycles. The smallest absolute Gasteiger partial charge is 0.249 e. The first-order valence-corrected chi connectivity index (χ1v) is 6.53. The minimum absolute atomic E-state index is 0.264. The molecule has 1 amide bonds. The van der Waals surface area contributed by atoms with Gasteiger partial charge in [-0.3, -0.25) is 4.79 Å². The Morgan fingerprint density at radius 1 is 1.05 bits per heavy atom. The molecule has 0 saturated heterocycles. The lowest BCUT2D eigenvalue weighted by Gasteiger charge is -2.02. The molecule has 0 bridgehead atoms. The van der Waals surface area contributed by atoms with E-state index in [2.05, 4.69) is 5.32 Å². The van der Waals surface area contributed by atoms with Crippen LogP contribution in [0.25, 0.3) is 17.1 Å². The number of aromatic nitrogens is 1. The lowest BCUT2D eigenvalue weighted by atomic mass is 10.2. The molecule has 3 aromatic rings. The average molecular weight is 280 g/mol. The monoisotopic (exact) mass is 280 g/mol. The minimum atomic E-state index is -0.331. The maximum atomic E-state index is 12.8. The molecule has 0 aliphatic carbocycles. The first-order chi connectivity index (χ1) is 10.2. The summed E-state index contributed by atoms with van der Waals surface area (Å²) in [7, 11) is 0. The lowest BCUT2D eigenvalue weighted by Crippen LogP contribution is -2.08. The Morgan fingerprint density at radius 3 is 2.62 bits per heavy atom. The lowest BCUT2D eigenvalue weighted by molar-refractivity contribution is -0.111. The number of para-hydroxylation sites is 1. The number of hydrogen-bond donors (Lipinski definition) is 1. The highest BCUT2D eigenvalue weighted by Gasteiger charge is 2.00. The van der Waals surface area contributed by atoms with Gasteiger partial charge in [0.05, 0.1) is 5.52 Å². The van der Waals surface area contributed by atoms with E-state index in [-0.39, 0.29) is 11.7 Å². The van der Waals surface area contributed by atoms with Crippen molar-refractivity contribution in [3.63, 3.8) is 0 Å². The van der Waals surface area contributed by atoms with E-state index in [1.807, 2.05) is 41.1 Å². The van der Waals surface area contributed by atoms with Crippen LogP contribution in [0.4, 0.5) is 10.1 Å². The fourth-order valence-corrected chi connectivity index (χ4v) is 2.10. The molecule has 1 aromatic heterocycles. The van der Waals surface area contributed by atoms with Gasteiger partial charge < -0.3 is 9.88 Å². The second-order valence-electron chi connectivity index (χ2n) is 4.59. The summed E-state index contributed by atoms with van der Waals surface area (Å²) in [5.41, 5.74) is 1.59. The Labute approximate surface area is 121 Å². The van der Waals surface area contributed by atoms with Crippen LogP contribution in [-0.2, 0) is 4.79 Å². The number of rotatable bonds is 3. The fraction of sp³-hybridized carbons (Fsp3) is 0. The number of nitrogens with zero attached hydrogens (tertiary/aromatic N) is 1. The van der Waals surface area contributed by atoms with Crippen LogP contribution in [0.5, 0.6) is 0 Å². The second kappa shape index (κ2) is 5.63. The molecule has 0 saturated carbocycles. The summed E-state index contributed by atoms with van der Waals surface area (Å²) in [6.45, 7) is 0. The van der Waals surface area contributed by atoms with Crippen LogP contribution in [0.3, 0.4) is 0 Å². The Bertz CT molecular complexity index is 803. The van der Waals surface area contributed by atoms with Gasteiger partial charge >= 0.3 is 0 Å². The van der Waals surface area contributed by atoms with E-state index >= 15 is 0 Å². The second-order valence-corrected chi connectivity index (χ2v) is 4.59. The van der Waals surface area contributed by atoms with Crippen LogP contribution in [0, 0.1) is 5.82 Å². The molecule has 0 unspecified atom stereocenters. The Kier molecular flexibility index (Phi) is 3.51. The zero-order valence-corrected chi connectivity index (χ0v) is 11.2. The molecule has 104 valence electrons. The largest absolute Gasteiger partial charge is 0.323 e. The molecule has 0 aliphatic heterocycles. The molecule has 0 spiro atoms. The third-order valence-corrected chi connectivity index (χ3v) is 3.13. The van der Waals surface area contributed by atoms with Crippen LogP contribution >= 0.6 is 0 Å². The van der Waals surface area contributed by atoms with E-state index < -0.39 is 0 Å². The summed E-state index contributed by atoms with van der Waals surface area (Å²) in [6, 6.07) is 15.5. The van der Waals surface area contributed by atoms with Crippen molar-refractivity contribution in [2.45, 2.75) is 0 Å². The molecule has 0 atom stereocenters. The number of nitrogens with one attached hydrogen (secondary N) is 1. The van der Waals surface area contributed by atoms with Gasteiger partial charge in [-0.15, -0.1) is 0 Å². The Hall–Kier alpha value is -2.88. The fourth-order valence-electron chi connectivity index (χ4n) is 2.10. The van der Waals surface area contributed by atoms with Crippen molar-refractivity contribution in [1.82, 2.24) is 4.57 Å². The van der Waals surface area contributed by atoms with E-state index in [1.54, 1.807) is 6.20 Å². The molecule has 21 heavy (non-hydrogen) atoms. The molecule has 4 heteroatoms. The minimum Gasteiger partial charge on any atom is -0.323 e. The summed E-state index contributed by atoms with van der Waals surface area (Å²) in [5.74, 6) is -0.596. The first kappa shape index (κ1) is 13.1. The van der Waals surface area contributed by atoms with Gasteiger partial charge in [0.25, 0.3) is 0 Å². The summed E-state index contributed by atoms with van der Waals surface area (Å²) >= 11 is 0. The predicted octanol–water partition coefficient (Wildman–Crippen LogP) is 3.89. The van der Waals surface area contributed by atoms with Gasteiger partial charge in [-0.1, -0.05) is 18.2 Å². The third-order valence-electron chi connectivity index (χ3n) is 3.13. The van der Waals surface area contributed by atoms with Gasteiger partial charge in [0, 0.05) is 24.2 Å². The van der Waals surface area contributed by atoms with Crippen molar-refractivity contribution in [3.05, 3.63) is 72.7 Å². The third kappa shape index (κ3) is 3.00. The van der Waals surface area contributed by atoms with E-state index in [9.17, 15) is 9.18 Å². The first-order valence-electron chi connectivity index (χ1n) is 6.53. The highest BCUT2D eigenvalue weighted by atomic mass is 19.1. The number of carbonyl (C=O) groups excluding carboxylic acids is 1. The molecule has 3 rings (SSSR count).